The molecular formula is C22H25NO6. The summed E-state index contributed by atoms with van der Waals surface area (Å²) in [5.74, 6) is -0.685. The van der Waals surface area contributed by atoms with Crippen molar-refractivity contribution in [3.63, 3.8) is 0 Å². The van der Waals surface area contributed by atoms with E-state index in [1.807, 2.05) is 24.3 Å². The Kier molecular flexibility index (Phi) is 9.01. The van der Waals surface area contributed by atoms with Gasteiger partial charge < -0.3 is 14.2 Å². The molecule has 29 heavy (non-hydrogen) atoms. The van der Waals surface area contributed by atoms with Crippen LogP contribution in [0.1, 0.15) is 36.6 Å². The smallest absolute Gasteiger partial charge is 0.337 e. The van der Waals surface area contributed by atoms with Crippen molar-refractivity contribution in [2.75, 3.05) is 40.5 Å². The minimum Gasteiger partial charge on any atom is -0.465 e. The van der Waals surface area contributed by atoms with Crippen LogP contribution in [0.3, 0.4) is 0 Å². The number of ether oxygens (including phenoxy) is 3. The molecule has 7 nitrogen and oxygen atoms in total. The Morgan fingerprint density at radius 1 is 0.897 bits per heavy atom. The third-order valence-corrected chi connectivity index (χ3v) is 4.35. The summed E-state index contributed by atoms with van der Waals surface area (Å²) in [6, 6.07) is 13.8. The molecule has 0 aliphatic carbocycles. The van der Waals surface area contributed by atoms with Gasteiger partial charge in [0.25, 0.3) is 0 Å². The topological polar surface area (TPSA) is 82.1 Å². The van der Waals surface area contributed by atoms with E-state index in [1.165, 1.54) is 19.8 Å². The predicted octanol–water partition coefficient (Wildman–Crippen LogP) is 2.59. The Labute approximate surface area is 170 Å². The van der Waals surface area contributed by atoms with E-state index in [2.05, 4.69) is 14.4 Å². The van der Waals surface area contributed by atoms with Crippen molar-refractivity contribution in [1.82, 2.24) is 4.90 Å². The van der Waals surface area contributed by atoms with Gasteiger partial charge in [-0.2, -0.15) is 0 Å². The first-order chi connectivity index (χ1) is 14.1. The van der Waals surface area contributed by atoms with Gasteiger partial charge in [0.1, 0.15) is 6.29 Å². The number of carbonyl (C=O) groups is 3. The van der Waals surface area contributed by atoms with Gasteiger partial charge in [0.2, 0.25) is 0 Å². The zero-order valence-electron chi connectivity index (χ0n) is 16.6. The van der Waals surface area contributed by atoms with E-state index in [1.54, 1.807) is 24.3 Å². The molecule has 1 heterocycles. The Hall–Kier alpha value is -3.03. The van der Waals surface area contributed by atoms with E-state index in [0.29, 0.717) is 16.7 Å². The predicted molar refractivity (Wildman–Crippen MR) is 107 cm³/mol. The third kappa shape index (κ3) is 7.14. The third-order valence-electron chi connectivity index (χ3n) is 4.35. The van der Waals surface area contributed by atoms with E-state index < -0.39 is 5.97 Å². The van der Waals surface area contributed by atoms with Crippen LogP contribution in [0.5, 0.6) is 0 Å². The highest BCUT2D eigenvalue weighted by molar-refractivity contribution is 5.90. The summed E-state index contributed by atoms with van der Waals surface area (Å²) in [4.78, 5) is 34.8. The largest absolute Gasteiger partial charge is 0.465 e. The number of hydrogen-bond acceptors (Lipinski definition) is 7. The molecule has 0 atom stereocenters. The summed E-state index contributed by atoms with van der Waals surface area (Å²) in [6.07, 6.45) is 0.723. The minimum atomic E-state index is -0.396. The summed E-state index contributed by atoms with van der Waals surface area (Å²) in [5.41, 5.74) is 2.79. The lowest BCUT2D eigenvalue weighted by molar-refractivity contribution is 0.0342. The fourth-order valence-corrected chi connectivity index (χ4v) is 2.70. The second kappa shape index (κ2) is 11.7. The molecule has 1 aliphatic heterocycles. The number of nitrogens with zero attached hydrogens (tertiary/aromatic N) is 1. The highest BCUT2D eigenvalue weighted by Gasteiger charge is 2.11. The Morgan fingerprint density at radius 2 is 1.38 bits per heavy atom. The van der Waals surface area contributed by atoms with Gasteiger partial charge in [-0.25, -0.2) is 9.59 Å². The van der Waals surface area contributed by atoms with Crippen molar-refractivity contribution >= 4 is 18.2 Å². The molecule has 7 heteroatoms. The zero-order chi connectivity index (χ0) is 21.1. The average molecular weight is 399 g/mol. The molecule has 0 spiro atoms. The molecule has 1 aliphatic rings. The van der Waals surface area contributed by atoms with E-state index in [4.69, 9.17) is 4.74 Å². The molecule has 0 N–H and O–H groups in total. The van der Waals surface area contributed by atoms with Crippen molar-refractivity contribution in [3.05, 3.63) is 70.8 Å². The van der Waals surface area contributed by atoms with Crippen LogP contribution in [0.2, 0.25) is 0 Å². The van der Waals surface area contributed by atoms with Crippen LogP contribution in [0, 0.1) is 0 Å². The van der Waals surface area contributed by atoms with Gasteiger partial charge in [-0.05, 0) is 29.8 Å². The molecule has 2 aromatic rings. The lowest BCUT2D eigenvalue weighted by atomic mass is 10.1. The molecule has 0 radical (unpaired) electrons. The number of hydrogen-bond donors (Lipinski definition) is 0. The number of rotatable bonds is 5. The van der Waals surface area contributed by atoms with Crippen molar-refractivity contribution in [1.29, 1.82) is 0 Å². The maximum Gasteiger partial charge on any atom is 0.337 e. The molecule has 154 valence electrons. The average Bonchev–Trinajstić information content (AvgIpc) is 2.79. The zero-order valence-corrected chi connectivity index (χ0v) is 16.6. The second-order valence-corrected chi connectivity index (χ2v) is 6.31. The molecular weight excluding hydrogens is 374 g/mol. The monoisotopic (exact) mass is 399 g/mol. The molecule has 0 unspecified atom stereocenters. The Morgan fingerprint density at radius 3 is 1.83 bits per heavy atom. The van der Waals surface area contributed by atoms with Gasteiger partial charge in [0.15, 0.2) is 0 Å². The lowest BCUT2D eigenvalue weighted by Crippen LogP contribution is -2.35. The molecule has 0 bridgehead atoms. The summed E-state index contributed by atoms with van der Waals surface area (Å²) >= 11 is 0. The van der Waals surface area contributed by atoms with Gasteiger partial charge in [-0.1, -0.05) is 24.3 Å². The first-order valence-electron chi connectivity index (χ1n) is 9.18. The van der Waals surface area contributed by atoms with Crippen LogP contribution in [-0.4, -0.2) is 63.6 Å². The van der Waals surface area contributed by atoms with Gasteiger partial charge in [0, 0.05) is 25.2 Å². The van der Waals surface area contributed by atoms with Crippen molar-refractivity contribution < 1.29 is 28.6 Å². The summed E-state index contributed by atoms with van der Waals surface area (Å²) in [7, 11) is 2.71. The Balaban J connectivity index is 0.000000221. The van der Waals surface area contributed by atoms with Gasteiger partial charge >= 0.3 is 11.9 Å². The molecule has 0 amide bonds. The van der Waals surface area contributed by atoms with E-state index in [0.717, 1.165) is 39.1 Å². The first kappa shape index (κ1) is 22.3. The number of esters is 2. The maximum absolute atomic E-state index is 11.3. The molecule has 3 rings (SSSR count). The van der Waals surface area contributed by atoms with Crippen LogP contribution in [-0.2, 0) is 20.8 Å². The quantitative estimate of drug-likeness (QED) is 0.565. The number of carbonyl (C=O) groups excluding carboxylic acids is 3. The van der Waals surface area contributed by atoms with Crippen LogP contribution < -0.4 is 0 Å². The van der Waals surface area contributed by atoms with Gasteiger partial charge in [-0.15, -0.1) is 0 Å². The highest BCUT2D eigenvalue weighted by Crippen LogP contribution is 2.10. The number of methoxy groups -OCH3 is 2. The molecule has 1 saturated heterocycles. The number of benzene rings is 2. The normalized spacial score (nSPS) is 13.6. The van der Waals surface area contributed by atoms with Crippen LogP contribution in [0.25, 0.3) is 0 Å². The van der Waals surface area contributed by atoms with E-state index in [9.17, 15) is 14.4 Å². The van der Waals surface area contributed by atoms with Crippen molar-refractivity contribution in [2.24, 2.45) is 0 Å². The fourth-order valence-electron chi connectivity index (χ4n) is 2.70. The fraction of sp³-hybridized carbons (Fsp3) is 0.318. The number of morpholine rings is 1. The molecule has 0 aromatic heterocycles. The minimum absolute atomic E-state index is 0.289. The summed E-state index contributed by atoms with van der Waals surface area (Å²) < 4.78 is 14.4. The highest BCUT2D eigenvalue weighted by atomic mass is 16.5. The second-order valence-electron chi connectivity index (χ2n) is 6.31. The van der Waals surface area contributed by atoms with Gasteiger partial charge in [-0.3, -0.25) is 9.69 Å². The maximum atomic E-state index is 11.3. The standard InChI is InChI=1S/C13H17NO3.C9H8O3/c1-16-13(15)12-4-2-11(3-5-12)10-14-6-8-17-9-7-14;1-12-9(11)8-4-2-7(6-10)3-5-8/h2-5H,6-10H2,1H3;2-6H,1H3. The van der Waals surface area contributed by atoms with E-state index in [-0.39, 0.29) is 5.97 Å². The van der Waals surface area contributed by atoms with Crippen molar-refractivity contribution in [3.8, 4) is 0 Å². The van der Waals surface area contributed by atoms with Crippen LogP contribution in [0.4, 0.5) is 0 Å². The van der Waals surface area contributed by atoms with Gasteiger partial charge in [0.05, 0.1) is 38.6 Å². The van der Waals surface area contributed by atoms with Crippen molar-refractivity contribution in [2.45, 2.75) is 6.54 Å². The summed E-state index contributed by atoms with van der Waals surface area (Å²) in [5, 5.41) is 0. The molecule has 1 fully saturated rings. The van der Waals surface area contributed by atoms with Crippen LogP contribution >= 0.6 is 0 Å². The lowest BCUT2D eigenvalue weighted by Gasteiger charge is -2.26. The Bertz CT molecular complexity index is 795. The number of aldehydes is 1. The molecule has 2 aromatic carbocycles. The van der Waals surface area contributed by atoms with Crippen LogP contribution in [0.15, 0.2) is 48.5 Å². The van der Waals surface area contributed by atoms with E-state index >= 15 is 0 Å². The molecule has 0 saturated carbocycles. The first-order valence-corrected chi connectivity index (χ1v) is 9.18. The SMILES string of the molecule is COC(=O)c1ccc(C=O)cc1.COC(=O)c1ccc(CN2CCOCC2)cc1. The summed E-state index contributed by atoms with van der Waals surface area (Å²) in [6.45, 7) is 4.46.